The van der Waals surface area contributed by atoms with Gasteiger partial charge in [0.1, 0.15) is 22.9 Å². The lowest BCUT2D eigenvalue weighted by molar-refractivity contribution is -0.861. The maximum Gasteiger partial charge on any atom is 0.490 e. The number of imidazole rings is 2. The number of benzene rings is 3. The number of methoxy groups -OCH3 is 2. The molecule has 0 radical (unpaired) electrons. The fourth-order valence-corrected chi connectivity index (χ4v) is 8.18. The van der Waals surface area contributed by atoms with Crippen LogP contribution in [0, 0.1) is 0 Å². The summed E-state index contributed by atoms with van der Waals surface area (Å²) in [6.07, 6.45) is 8.21. The molecule has 3 heterocycles. The van der Waals surface area contributed by atoms with Crippen molar-refractivity contribution >= 4 is 116 Å². The highest BCUT2D eigenvalue weighted by molar-refractivity contribution is 9.10. The van der Waals surface area contributed by atoms with Crippen LogP contribution in [-0.4, -0.2) is 159 Å². The molecule has 5 aromatic rings. The molecule has 0 fully saturated rings. The number of halogens is 11. The van der Waals surface area contributed by atoms with Crippen LogP contribution in [0.1, 0.15) is 38.5 Å². The van der Waals surface area contributed by atoms with Crippen LogP contribution in [-0.2, 0) is 35.8 Å². The van der Waals surface area contributed by atoms with Gasteiger partial charge in [-0.1, -0.05) is 80.0 Å². The number of aryl methyl sites for hydroxylation is 4. The number of nitrogens with zero attached hydrogens (tertiary/aromatic N) is 13. The predicted octanol–water partition coefficient (Wildman–Crippen LogP) is 9.88. The fourth-order valence-electron chi connectivity index (χ4n) is 6.37. The van der Waals surface area contributed by atoms with Gasteiger partial charge < -0.3 is 56.7 Å². The van der Waals surface area contributed by atoms with Crippen molar-refractivity contribution < 1.29 is 86.6 Å². The first-order valence-corrected chi connectivity index (χ1v) is 31.8. The number of azo groups is 3. The number of aliphatic imine (C=N–C) groups is 1. The Bertz CT molecular complexity index is 2740. The summed E-state index contributed by atoms with van der Waals surface area (Å²) in [6.45, 7) is 5.94. The molecule has 0 spiro atoms. The number of quaternary nitrogens is 1. The SMILES string of the molecule is BrCCCBr.CN(C)CCCn1cc[n+](CCC[NH+](C)C)c1N=Nc1ccc(N(C)C)cc1.CNC.COc1ccc(N=NC2=NC=CC2)cc1.COc1ccc(N=Nc2n(CCCBr)cc[n+]2CCCBr)cc1.O=C(O)C(F)(F)F.O=C(O)C(F)(F)F.[Br-]. The van der Waals surface area contributed by atoms with E-state index in [1.165, 1.54) is 11.3 Å². The van der Waals surface area contributed by atoms with Gasteiger partial charge in [-0.25, -0.2) is 32.8 Å². The summed E-state index contributed by atoms with van der Waals surface area (Å²) < 4.78 is 82.4. The Morgan fingerprint density at radius 1 is 0.629 bits per heavy atom. The number of anilines is 1. The lowest BCUT2D eigenvalue weighted by Crippen LogP contribution is -3.05. The summed E-state index contributed by atoms with van der Waals surface area (Å²) in [5.74, 6) is -1.34. The van der Waals surface area contributed by atoms with E-state index in [1.54, 1.807) is 20.4 Å². The van der Waals surface area contributed by atoms with Crippen molar-refractivity contribution in [3.63, 3.8) is 0 Å². The Labute approximate surface area is 562 Å². The van der Waals surface area contributed by atoms with Crippen molar-refractivity contribution in [2.24, 2.45) is 35.7 Å². The topological polar surface area (TPSA) is 220 Å². The molecule has 0 unspecified atom stereocenters. The average Bonchev–Trinajstić information content (AvgIpc) is 3.66. The van der Waals surface area contributed by atoms with Crippen LogP contribution in [0.15, 0.2) is 146 Å². The first kappa shape index (κ1) is 85.6. The van der Waals surface area contributed by atoms with Crippen molar-refractivity contribution in [2.45, 2.75) is 77.1 Å². The number of carboxylic acids is 2. The van der Waals surface area contributed by atoms with Crippen LogP contribution in [0.5, 0.6) is 11.5 Å². The van der Waals surface area contributed by atoms with Gasteiger partial charge >= 0.3 is 36.2 Å². The summed E-state index contributed by atoms with van der Waals surface area (Å²) in [4.78, 5) is 27.6. The Morgan fingerprint density at radius 3 is 1.34 bits per heavy atom. The second-order valence-corrected chi connectivity index (χ2v) is 22.1. The zero-order chi connectivity index (χ0) is 66.5. The monoisotopic (exact) mass is 1580 g/mol. The normalized spacial score (nSPS) is 11.6. The van der Waals surface area contributed by atoms with Gasteiger partial charge in [0, 0.05) is 76.9 Å². The van der Waals surface area contributed by atoms with Gasteiger partial charge in [-0.3, -0.25) is 0 Å². The molecule has 0 atom stereocenters. The summed E-state index contributed by atoms with van der Waals surface area (Å²) in [6, 6.07) is 23.1. The van der Waals surface area contributed by atoms with Gasteiger partial charge in [0.15, 0.2) is 5.84 Å². The highest BCUT2D eigenvalue weighted by Gasteiger charge is 2.39. The maximum atomic E-state index is 10.6. The molecule has 21 nitrogen and oxygen atoms in total. The van der Waals surface area contributed by atoms with E-state index < -0.39 is 24.3 Å². The van der Waals surface area contributed by atoms with E-state index in [1.807, 2.05) is 94.9 Å². The number of nitrogens with one attached hydrogen (secondary N) is 2. The number of hydrogen-bond donors (Lipinski definition) is 4. The van der Waals surface area contributed by atoms with Crippen LogP contribution in [0.25, 0.3) is 0 Å². The molecular weight excluding hydrogens is 1500 g/mol. The third kappa shape index (κ3) is 40.8. The van der Waals surface area contributed by atoms with Crippen LogP contribution in [0.3, 0.4) is 0 Å². The molecule has 0 saturated heterocycles. The minimum absolute atomic E-state index is 0. The van der Waals surface area contributed by atoms with E-state index in [4.69, 9.17) is 29.3 Å². The predicted molar refractivity (Wildman–Crippen MR) is 347 cm³/mol. The molecule has 4 N–H and O–H groups in total. The van der Waals surface area contributed by atoms with Crippen molar-refractivity contribution in [2.75, 3.05) is 110 Å². The van der Waals surface area contributed by atoms with Crippen molar-refractivity contribution in [1.82, 2.24) is 19.4 Å². The van der Waals surface area contributed by atoms with Gasteiger partial charge in [-0.15, -0.1) is 10.2 Å². The first-order valence-electron chi connectivity index (χ1n) is 27.3. The smallest absolute Gasteiger partial charge is 0.490 e. The Hall–Kier alpha value is -5.51. The number of carboxylic acid groups (broad SMARTS) is 2. The van der Waals surface area contributed by atoms with Crippen molar-refractivity contribution in [3.8, 4) is 11.5 Å². The van der Waals surface area contributed by atoms with Crippen LogP contribution in [0.2, 0.25) is 0 Å². The molecular formula is C57H84Br5F6N15O6+2. The lowest BCUT2D eigenvalue weighted by atomic mass is 10.3. The number of carbonyl (C=O) groups is 2. The summed E-state index contributed by atoms with van der Waals surface area (Å²) >= 11 is 13.5. The van der Waals surface area contributed by atoms with Gasteiger partial charge in [-0.05, 0) is 127 Å². The third-order valence-electron chi connectivity index (χ3n) is 10.7. The zero-order valence-electron chi connectivity index (χ0n) is 51.7. The molecule has 498 valence electrons. The van der Waals surface area contributed by atoms with Crippen molar-refractivity contribution in [1.29, 1.82) is 0 Å². The lowest BCUT2D eigenvalue weighted by Gasteiger charge is -2.11. The molecule has 1 aliphatic rings. The first-order chi connectivity index (χ1) is 41.7. The molecule has 6 rings (SSSR count). The molecule has 2 aromatic heterocycles. The second kappa shape index (κ2) is 50.2. The number of alkyl halides is 10. The molecule has 0 aliphatic carbocycles. The standard InChI is InChI=1S/C21H36N7.C16H21Br2N4O.C11H11N3O.C3H6Br2.2C2HF3O2.C2H7N.BrH/c1-24(2)13-7-15-27-17-18-28(16-8-14-25(3)4)21(27)23-22-19-9-11-20(12-10-19)26(5)6;1-23-15-6-4-14(5-7-15)19-20-16-21(10-2-8-17)12-13-22(16)11-3-9-18;1-15-10-6-4-9(5-7-10)13-14-11-3-2-8-12-11;4-2-1-3-5;2*3-2(4,5)1(6)7;1-3-2;/h9-12,17-18H,7-8,13-16H2,1-6H3;4-7,12-13H,2-3,8-11H2,1H3;2,4-8H,3H2,1H3;1-3H2;2*(H,6,7);3H,1-2H3;1H/q2*+1;;;;;;. The van der Waals surface area contributed by atoms with Crippen LogP contribution in [0.4, 0.5) is 61.0 Å². The van der Waals surface area contributed by atoms with E-state index in [9.17, 15) is 26.3 Å². The second-order valence-electron chi connectivity index (χ2n) is 18.9. The van der Waals surface area contributed by atoms with E-state index in [0.29, 0.717) is 0 Å². The number of hydrogen-bond acceptors (Lipinski definition) is 14. The van der Waals surface area contributed by atoms with E-state index in [0.717, 1.165) is 145 Å². The molecule has 0 bridgehead atoms. The largest absolute Gasteiger partial charge is 1.00 e. The molecule has 0 amide bonds. The maximum absolute atomic E-state index is 10.6. The third-order valence-corrected chi connectivity index (χ3v) is 13.0. The number of aromatic nitrogens is 4. The molecule has 1 aliphatic heterocycles. The number of aliphatic carboxylic acids is 2. The Balaban J connectivity index is 0. The Morgan fingerprint density at radius 2 is 1.01 bits per heavy atom. The van der Waals surface area contributed by atoms with Gasteiger partial charge in [0.2, 0.25) is 0 Å². The van der Waals surface area contributed by atoms with Gasteiger partial charge in [-0.2, -0.15) is 26.3 Å². The Kier molecular flexibility index (Phi) is 48.2. The molecule has 0 saturated carbocycles. The zero-order valence-corrected chi connectivity index (χ0v) is 59.6. The summed E-state index contributed by atoms with van der Waals surface area (Å²) in [5, 5.41) is 47.2. The number of rotatable bonds is 24. The van der Waals surface area contributed by atoms with E-state index >= 15 is 0 Å². The highest BCUT2D eigenvalue weighted by atomic mass is 79.9. The van der Waals surface area contributed by atoms with Gasteiger partial charge in [0.25, 0.3) is 0 Å². The number of amidine groups is 1. The summed E-state index contributed by atoms with van der Waals surface area (Å²) in [7, 11) is 19.7. The number of ether oxygens (including phenoxy) is 2. The van der Waals surface area contributed by atoms with Crippen LogP contribution >= 0.6 is 63.7 Å². The summed E-state index contributed by atoms with van der Waals surface area (Å²) in [5.41, 5.74) is 3.64. The van der Waals surface area contributed by atoms with Gasteiger partial charge in [0.05, 0.1) is 91.5 Å². The molecule has 32 heteroatoms. The van der Waals surface area contributed by atoms with Crippen molar-refractivity contribution in [3.05, 3.63) is 110 Å². The highest BCUT2D eigenvalue weighted by Crippen LogP contribution is 2.23. The minimum Gasteiger partial charge on any atom is -1.00 e. The van der Waals surface area contributed by atoms with E-state index in [-0.39, 0.29) is 17.0 Å². The average molecular weight is 1590 g/mol. The van der Waals surface area contributed by atoms with E-state index in [2.05, 4.69) is 198 Å². The minimum atomic E-state index is -5.08. The fraction of sp³-hybridized carbons (Fsp3) is 0.491. The quantitative estimate of drug-likeness (QED) is 0.0200. The van der Waals surface area contributed by atoms with Crippen LogP contribution < -0.4 is 50.7 Å². The molecule has 89 heavy (non-hydrogen) atoms. The molecule has 3 aromatic carbocycles.